The fraction of sp³-hybridized carbons (Fsp3) is 0.333. The number of anilines is 3. The number of carbonyl (C=O) groups excluding carboxylic acids is 3. The van der Waals surface area contributed by atoms with E-state index >= 15 is 0 Å². The summed E-state index contributed by atoms with van der Waals surface area (Å²) in [5.74, 6) is -1.40. The summed E-state index contributed by atoms with van der Waals surface area (Å²) < 4.78 is 48.4. The molecule has 1 aromatic heterocycles. The molecule has 39 heavy (non-hydrogen) atoms. The van der Waals surface area contributed by atoms with E-state index in [0.29, 0.717) is 11.6 Å². The normalized spacial score (nSPS) is 11.6. The molecule has 0 bridgehead atoms. The van der Waals surface area contributed by atoms with Gasteiger partial charge in [0.15, 0.2) is 5.78 Å². The number of ketones is 1. The first kappa shape index (κ1) is 29.2. The first-order valence-electron chi connectivity index (χ1n) is 11.9. The summed E-state index contributed by atoms with van der Waals surface area (Å²) in [6, 6.07) is 10.2. The van der Waals surface area contributed by atoms with Crippen LogP contribution in [0.5, 0.6) is 0 Å². The molecule has 3 aromatic rings. The molecule has 0 spiro atoms. The predicted molar refractivity (Wildman–Crippen MR) is 142 cm³/mol. The Balaban J connectivity index is 1.90. The van der Waals surface area contributed by atoms with Crippen molar-refractivity contribution >= 4 is 34.8 Å². The van der Waals surface area contributed by atoms with Crippen molar-refractivity contribution in [3.63, 3.8) is 0 Å². The molecule has 1 heterocycles. The summed E-state index contributed by atoms with van der Waals surface area (Å²) in [6.07, 6.45) is -4.72. The van der Waals surface area contributed by atoms with Crippen molar-refractivity contribution < 1.29 is 32.3 Å². The van der Waals surface area contributed by atoms with Crippen molar-refractivity contribution in [2.24, 2.45) is 7.05 Å². The number of hydrogen-bond acceptors (Lipinski definition) is 6. The molecule has 0 saturated heterocycles. The molecule has 3 rings (SSSR count). The Bertz CT molecular complexity index is 1390. The van der Waals surface area contributed by atoms with Crippen LogP contribution in [-0.2, 0) is 22.8 Å². The van der Waals surface area contributed by atoms with Gasteiger partial charge in [0.1, 0.15) is 5.60 Å². The third kappa shape index (κ3) is 7.59. The Labute approximate surface area is 223 Å². The SMILES string of the molecule is CN(C)c1cc(NC(=O)OC(C)(C)C)c(NC(=O)CC(=O)c2cccc(-c3ccnn3C)c2)cc1C(F)(F)F. The van der Waals surface area contributed by atoms with Gasteiger partial charge in [-0.05, 0) is 45.0 Å². The number of Topliss-reactive ketones (excluding diaryl/α,β-unsaturated/α-hetero) is 1. The summed E-state index contributed by atoms with van der Waals surface area (Å²) in [6.45, 7) is 4.88. The Hall–Kier alpha value is -4.35. The molecule has 0 aliphatic rings. The highest BCUT2D eigenvalue weighted by Gasteiger charge is 2.36. The molecule has 0 radical (unpaired) electrons. The van der Waals surface area contributed by atoms with Crippen molar-refractivity contribution in [1.29, 1.82) is 0 Å². The zero-order valence-electron chi connectivity index (χ0n) is 22.4. The van der Waals surface area contributed by atoms with E-state index in [1.807, 2.05) is 0 Å². The van der Waals surface area contributed by atoms with Gasteiger partial charge < -0.3 is 15.0 Å². The lowest BCUT2D eigenvalue weighted by atomic mass is 10.0. The average Bonchev–Trinajstić information content (AvgIpc) is 3.23. The van der Waals surface area contributed by atoms with Gasteiger partial charge in [-0.25, -0.2) is 4.79 Å². The largest absolute Gasteiger partial charge is 0.444 e. The van der Waals surface area contributed by atoms with Gasteiger partial charge in [0.2, 0.25) is 5.91 Å². The van der Waals surface area contributed by atoms with E-state index in [9.17, 15) is 27.6 Å². The third-order valence-electron chi connectivity index (χ3n) is 5.46. The zero-order valence-corrected chi connectivity index (χ0v) is 22.4. The van der Waals surface area contributed by atoms with Gasteiger partial charge in [0, 0.05) is 38.5 Å². The second kappa shape index (κ2) is 11.2. The van der Waals surface area contributed by atoms with Crippen molar-refractivity contribution in [1.82, 2.24) is 9.78 Å². The van der Waals surface area contributed by atoms with E-state index in [2.05, 4.69) is 15.7 Å². The van der Waals surface area contributed by atoms with Crippen molar-refractivity contribution in [2.75, 3.05) is 29.6 Å². The van der Waals surface area contributed by atoms with E-state index in [4.69, 9.17) is 4.74 Å². The third-order valence-corrected chi connectivity index (χ3v) is 5.46. The fourth-order valence-corrected chi connectivity index (χ4v) is 3.76. The van der Waals surface area contributed by atoms with E-state index in [1.165, 1.54) is 19.0 Å². The van der Waals surface area contributed by atoms with Gasteiger partial charge >= 0.3 is 12.3 Å². The molecule has 208 valence electrons. The standard InChI is InChI=1S/C27H30F3N5O4/c1-26(2,3)39-25(38)33-20-14-22(34(4)5)18(27(28,29)30)13-19(20)32-24(37)15-23(36)17-9-7-8-16(12-17)21-10-11-31-35(21)6/h7-14H,15H2,1-6H3,(H,32,37)(H,33,38). The number of benzene rings is 2. The predicted octanol–water partition coefficient (Wildman–Crippen LogP) is 5.73. The quantitative estimate of drug-likeness (QED) is 0.290. The van der Waals surface area contributed by atoms with Gasteiger partial charge in [-0.1, -0.05) is 18.2 Å². The van der Waals surface area contributed by atoms with Crippen molar-refractivity contribution in [3.8, 4) is 11.3 Å². The van der Waals surface area contributed by atoms with Crippen LogP contribution in [0.4, 0.5) is 35.0 Å². The minimum Gasteiger partial charge on any atom is -0.444 e. The lowest BCUT2D eigenvalue weighted by Crippen LogP contribution is -2.28. The van der Waals surface area contributed by atoms with Gasteiger partial charge in [0.25, 0.3) is 0 Å². The van der Waals surface area contributed by atoms with E-state index in [-0.39, 0.29) is 22.6 Å². The van der Waals surface area contributed by atoms with Crippen LogP contribution in [0.25, 0.3) is 11.3 Å². The van der Waals surface area contributed by atoms with E-state index in [1.54, 1.807) is 69.0 Å². The fourth-order valence-electron chi connectivity index (χ4n) is 3.76. The maximum atomic E-state index is 13.8. The summed E-state index contributed by atoms with van der Waals surface area (Å²) in [5, 5.41) is 8.84. The number of amides is 2. The summed E-state index contributed by atoms with van der Waals surface area (Å²) >= 11 is 0. The number of aromatic nitrogens is 2. The summed E-state index contributed by atoms with van der Waals surface area (Å²) in [4.78, 5) is 39.3. The average molecular weight is 546 g/mol. The minimum absolute atomic E-state index is 0.125. The summed E-state index contributed by atoms with van der Waals surface area (Å²) in [5.41, 5.74) is -0.899. The number of alkyl halides is 3. The second-order valence-electron chi connectivity index (χ2n) is 10.0. The number of nitrogens with zero attached hydrogens (tertiary/aromatic N) is 3. The van der Waals surface area contributed by atoms with E-state index < -0.39 is 41.5 Å². The van der Waals surface area contributed by atoms with Gasteiger partial charge in [-0.15, -0.1) is 0 Å². The number of carbonyl (C=O) groups is 3. The molecular formula is C27H30F3N5O4. The second-order valence-corrected chi connectivity index (χ2v) is 10.0. The molecule has 0 aliphatic carbocycles. The van der Waals surface area contributed by atoms with Gasteiger partial charge in [0.05, 0.1) is 34.7 Å². The first-order valence-corrected chi connectivity index (χ1v) is 11.9. The molecule has 0 aliphatic heterocycles. The number of aryl methyl sites for hydroxylation is 1. The molecule has 2 aromatic carbocycles. The molecule has 2 N–H and O–H groups in total. The molecule has 0 unspecified atom stereocenters. The van der Waals surface area contributed by atoms with Crippen LogP contribution in [0.3, 0.4) is 0 Å². The minimum atomic E-state index is -4.76. The lowest BCUT2D eigenvalue weighted by Gasteiger charge is -2.24. The van der Waals surface area contributed by atoms with Crippen molar-refractivity contribution in [2.45, 2.75) is 39.0 Å². The monoisotopic (exact) mass is 545 g/mol. The number of nitrogens with one attached hydrogen (secondary N) is 2. The van der Waals surface area contributed by atoms with E-state index in [0.717, 1.165) is 11.8 Å². The van der Waals surface area contributed by atoms with Crippen LogP contribution in [0, 0.1) is 0 Å². The van der Waals surface area contributed by atoms with Gasteiger partial charge in [-0.2, -0.15) is 18.3 Å². The topological polar surface area (TPSA) is 106 Å². The lowest BCUT2D eigenvalue weighted by molar-refractivity contribution is -0.137. The molecular weight excluding hydrogens is 515 g/mol. The maximum Gasteiger partial charge on any atom is 0.418 e. The summed E-state index contributed by atoms with van der Waals surface area (Å²) in [7, 11) is 4.58. The molecule has 2 amide bonds. The molecule has 0 fully saturated rings. The highest BCUT2D eigenvalue weighted by atomic mass is 19.4. The molecule has 0 saturated carbocycles. The first-order chi connectivity index (χ1) is 18.0. The molecule has 9 nitrogen and oxygen atoms in total. The Morgan fingerprint density at radius 3 is 2.23 bits per heavy atom. The van der Waals surface area contributed by atoms with Crippen LogP contribution in [-0.4, -0.2) is 47.3 Å². The molecule has 0 atom stereocenters. The van der Waals surface area contributed by atoms with Gasteiger partial charge in [-0.3, -0.25) is 19.6 Å². The van der Waals surface area contributed by atoms with Crippen molar-refractivity contribution in [3.05, 3.63) is 59.8 Å². The Morgan fingerprint density at radius 1 is 1.00 bits per heavy atom. The van der Waals surface area contributed by atoms with Crippen LogP contribution in [0.15, 0.2) is 48.7 Å². The van der Waals surface area contributed by atoms with Crippen LogP contribution >= 0.6 is 0 Å². The highest BCUT2D eigenvalue weighted by molar-refractivity contribution is 6.12. The van der Waals surface area contributed by atoms with Crippen LogP contribution in [0.1, 0.15) is 43.1 Å². The van der Waals surface area contributed by atoms with Crippen LogP contribution in [0.2, 0.25) is 0 Å². The Kier molecular flexibility index (Phi) is 8.37. The zero-order chi connectivity index (χ0) is 29.1. The number of ether oxygens (including phenoxy) is 1. The molecule has 12 heteroatoms. The number of rotatable bonds is 7. The Morgan fingerprint density at radius 2 is 1.67 bits per heavy atom. The number of hydrogen-bond donors (Lipinski definition) is 2. The smallest absolute Gasteiger partial charge is 0.418 e. The maximum absolute atomic E-state index is 13.8. The highest BCUT2D eigenvalue weighted by Crippen LogP contribution is 2.41. The van der Waals surface area contributed by atoms with Crippen LogP contribution < -0.4 is 15.5 Å². The number of halogens is 3.